The van der Waals surface area contributed by atoms with Crippen molar-refractivity contribution in [3.05, 3.63) is 181 Å². The zero-order valence-corrected chi connectivity index (χ0v) is 26.3. The van der Waals surface area contributed by atoms with Crippen molar-refractivity contribution in [1.29, 1.82) is 0 Å². The van der Waals surface area contributed by atoms with Crippen LogP contribution >= 0.6 is 0 Å². The van der Waals surface area contributed by atoms with Crippen LogP contribution < -0.4 is 0 Å². The number of nitrogens with zero attached hydrogens (tertiary/aromatic N) is 2. The number of rotatable bonds is 4. The molecule has 0 aliphatic heterocycles. The van der Waals surface area contributed by atoms with Crippen LogP contribution in [0.3, 0.4) is 0 Å². The lowest BCUT2D eigenvalue weighted by atomic mass is 9.91. The van der Waals surface area contributed by atoms with E-state index in [0.717, 1.165) is 23.2 Å². The highest BCUT2D eigenvalue weighted by Gasteiger charge is 2.27. The molecule has 2 aromatic heterocycles. The first kappa shape index (κ1) is 26.9. The Bertz CT molecular complexity index is 2680. The third-order valence-corrected chi connectivity index (χ3v) is 10.0. The van der Waals surface area contributed by atoms with Gasteiger partial charge in [0.2, 0.25) is 0 Å². The predicted octanol–water partition coefficient (Wildman–Crippen LogP) is 11.9. The number of benzene rings is 7. The second-order valence-electron chi connectivity index (χ2n) is 12.7. The van der Waals surface area contributed by atoms with Gasteiger partial charge in [-0.25, -0.2) is 4.98 Å². The molecular formula is C46H30N2. The fourth-order valence-corrected chi connectivity index (χ4v) is 7.88. The summed E-state index contributed by atoms with van der Waals surface area (Å²) in [6.45, 7) is 0. The largest absolute Gasteiger partial charge is 0.309 e. The topological polar surface area (TPSA) is 17.8 Å². The van der Waals surface area contributed by atoms with Gasteiger partial charge in [-0.15, -0.1) is 0 Å². The molecule has 2 nitrogen and oxygen atoms in total. The summed E-state index contributed by atoms with van der Waals surface area (Å²) in [5.41, 5.74) is 17.2. The first-order valence-electron chi connectivity index (χ1n) is 16.6. The van der Waals surface area contributed by atoms with E-state index < -0.39 is 0 Å². The van der Waals surface area contributed by atoms with Crippen molar-refractivity contribution in [3.8, 4) is 50.3 Å². The highest BCUT2D eigenvalue weighted by atomic mass is 15.0. The van der Waals surface area contributed by atoms with E-state index in [-0.39, 0.29) is 0 Å². The molecule has 0 saturated heterocycles. The average Bonchev–Trinajstić information content (AvgIpc) is 3.71. The van der Waals surface area contributed by atoms with Crippen LogP contribution in [0.25, 0.3) is 83.0 Å². The number of hydrogen-bond acceptors (Lipinski definition) is 1. The van der Waals surface area contributed by atoms with E-state index in [1.807, 2.05) is 0 Å². The standard InChI is InChI=1S/C46H30N2/c1-3-13-30(14-4-1)32-25-26-45-39(27-32)35-19-8-10-23-43(35)48(45)44-24-12-21-37-40(44)28-33-17-11-20-36(46(33)37)38-29-42(31-15-5-2-6-16-31)47-41-22-9-7-18-34(38)41/h1-27,29H,28H2. The lowest BCUT2D eigenvalue weighted by molar-refractivity contribution is 1.12. The minimum atomic E-state index is 0.888. The van der Waals surface area contributed by atoms with Crippen LogP contribution in [0, 0.1) is 0 Å². The molecule has 1 aliphatic rings. The molecule has 10 rings (SSSR count). The van der Waals surface area contributed by atoms with Gasteiger partial charge in [0.1, 0.15) is 0 Å². The van der Waals surface area contributed by atoms with E-state index in [1.165, 1.54) is 77.4 Å². The summed E-state index contributed by atoms with van der Waals surface area (Å²) in [6.07, 6.45) is 0.888. The molecule has 0 spiro atoms. The Kier molecular flexibility index (Phi) is 5.97. The number of pyridine rings is 1. The summed E-state index contributed by atoms with van der Waals surface area (Å²) in [5, 5.41) is 3.72. The Hall–Kier alpha value is -6.25. The zero-order valence-electron chi connectivity index (χ0n) is 26.3. The minimum Gasteiger partial charge on any atom is -0.309 e. The Morgan fingerprint density at radius 1 is 0.438 bits per heavy atom. The maximum absolute atomic E-state index is 5.10. The highest BCUT2D eigenvalue weighted by molar-refractivity contribution is 6.11. The van der Waals surface area contributed by atoms with Crippen molar-refractivity contribution in [3.63, 3.8) is 0 Å². The SMILES string of the molecule is c1ccc(-c2ccc3c(c2)c2ccccc2n3-c2cccc3c2Cc2cccc(-c4cc(-c5ccccc5)nc5ccccc45)c2-3)cc1. The predicted molar refractivity (Wildman–Crippen MR) is 201 cm³/mol. The number of fused-ring (bicyclic) bond motifs is 7. The molecule has 2 heterocycles. The maximum atomic E-state index is 5.10. The van der Waals surface area contributed by atoms with Crippen LogP contribution in [0.15, 0.2) is 170 Å². The van der Waals surface area contributed by atoms with E-state index in [2.05, 4.69) is 174 Å². The van der Waals surface area contributed by atoms with E-state index >= 15 is 0 Å². The summed E-state index contributed by atoms with van der Waals surface area (Å²) in [4.78, 5) is 5.10. The lowest BCUT2D eigenvalue weighted by Gasteiger charge is -2.16. The van der Waals surface area contributed by atoms with Gasteiger partial charge in [0, 0.05) is 28.1 Å². The van der Waals surface area contributed by atoms with E-state index in [9.17, 15) is 0 Å². The monoisotopic (exact) mass is 610 g/mol. The summed E-state index contributed by atoms with van der Waals surface area (Å²) in [7, 11) is 0. The summed E-state index contributed by atoms with van der Waals surface area (Å²) < 4.78 is 2.49. The molecule has 48 heavy (non-hydrogen) atoms. The number of hydrogen-bond donors (Lipinski definition) is 0. The van der Waals surface area contributed by atoms with Crippen molar-refractivity contribution in [2.75, 3.05) is 0 Å². The van der Waals surface area contributed by atoms with E-state index in [1.54, 1.807) is 0 Å². The third kappa shape index (κ3) is 4.09. The summed E-state index contributed by atoms with van der Waals surface area (Å²) in [6, 6.07) is 61.5. The molecule has 0 saturated carbocycles. The molecule has 0 N–H and O–H groups in total. The highest BCUT2D eigenvalue weighted by Crippen LogP contribution is 2.48. The number of para-hydroxylation sites is 2. The van der Waals surface area contributed by atoms with Gasteiger partial charge in [0.05, 0.1) is 27.9 Å². The van der Waals surface area contributed by atoms with Crippen LogP contribution in [0.4, 0.5) is 0 Å². The van der Waals surface area contributed by atoms with Gasteiger partial charge in [-0.3, -0.25) is 0 Å². The average molecular weight is 611 g/mol. The molecule has 0 unspecified atom stereocenters. The van der Waals surface area contributed by atoms with Gasteiger partial charge in [-0.1, -0.05) is 133 Å². The molecule has 1 aliphatic carbocycles. The van der Waals surface area contributed by atoms with Crippen LogP contribution in [-0.2, 0) is 6.42 Å². The molecule has 7 aromatic carbocycles. The van der Waals surface area contributed by atoms with Crippen LogP contribution in [0.2, 0.25) is 0 Å². The smallest absolute Gasteiger partial charge is 0.0715 e. The molecule has 0 radical (unpaired) electrons. The number of aromatic nitrogens is 2. The van der Waals surface area contributed by atoms with Crippen LogP contribution in [0.5, 0.6) is 0 Å². The normalized spacial score (nSPS) is 12.1. The van der Waals surface area contributed by atoms with Crippen molar-refractivity contribution in [2.45, 2.75) is 6.42 Å². The van der Waals surface area contributed by atoms with Gasteiger partial charge < -0.3 is 4.57 Å². The van der Waals surface area contributed by atoms with Crippen LogP contribution in [0.1, 0.15) is 11.1 Å². The van der Waals surface area contributed by atoms with Crippen molar-refractivity contribution >= 4 is 32.7 Å². The fourth-order valence-electron chi connectivity index (χ4n) is 7.88. The summed E-state index contributed by atoms with van der Waals surface area (Å²) >= 11 is 0. The maximum Gasteiger partial charge on any atom is 0.0715 e. The molecule has 224 valence electrons. The van der Waals surface area contributed by atoms with E-state index in [0.29, 0.717) is 0 Å². The summed E-state index contributed by atoms with van der Waals surface area (Å²) in [5.74, 6) is 0. The quantitative estimate of drug-likeness (QED) is 0.194. The van der Waals surface area contributed by atoms with Gasteiger partial charge in [0.25, 0.3) is 0 Å². The fraction of sp³-hybridized carbons (Fsp3) is 0.0217. The van der Waals surface area contributed by atoms with Gasteiger partial charge >= 0.3 is 0 Å². The third-order valence-electron chi connectivity index (χ3n) is 10.0. The second kappa shape index (κ2) is 10.7. The molecule has 0 fully saturated rings. The first-order valence-corrected chi connectivity index (χ1v) is 16.6. The molecule has 9 aromatic rings. The van der Waals surface area contributed by atoms with Crippen LogP contribution in [-0.4, -0.2) is 9.55 Å². The van der Waals surface area contributed by atoms with Crippen molar-refractivity contribution in [2.24, 2.45) is 0 Å². The van der Waals surface area contributed by atoms with Gasteiger partial charge in [0.15, 0.2) is 0 Å². The Morgan fingerprint density at radius 2 is 1.12 bits per heavy atom. The molecule has 0 atom stereocenters. The molecule has 0 amide bonds. The molecule has 0 bridgehead atoms. The second-order valence-corrected chi connectivity index (χ2v) is 12.7. The Balaban J connectivity index is 1.19. The van der Waals surface area contributed by atoms with E-state index in [4.69, 9.17) is 4.98 Å². The van der Waals surface area contributed by atoms with Crippen molar-refractivity contribution < 1.29 is 0 Å². The van der Waals surface area contributed by atoms with Crippen molar-refractivity contribution in [1.82, 2.24) is 9.55 Å². The minimum absolute atomic E-state index is 0.888. The van der Waals surface area contributed by atoms with Gasteiger partial charge in [-0.05, 0) is 80.9 Å². The lowest BCUT2D eigenvalue weighted by Crippen LogP contribution is -1.99. The molecular weight excluding hydrogens is 581 g/mol. The van der Waals surface area contributed by atoms with Gasteiger partial charge in [-0.2, -0.15) is 0 Å². The zero-order chi connectivity index (χ0) is 31.6. The Morgan fingerprint density at radius 3 is 1.98 bits per heavy atom. The molecule has 2 heteroatoms. The first-order chi connectivity index (χ1) is 23.8. The Labute approximate surface area is 279 Å².